The highest BCUT2D eigenvalue weighted by molar-refractivity contribution is 5.98. The first-order valence-corrected chi connectivity index (χ1v) is 9.11. The Labute approximate surface area is 158 Å². The van der Waals surface area contributed by atoms with E-state index in [1.165, 1.54) is 21.5 Å². The normalized spacial score (nSPS) is 11.1. The van der Waals surface area contributed by atoms with Crippen LogP contribution in [-0.2, 0) is 0 Å². The summed E-state index contributed by atoms with van der Waals surface area (Å²) in [6, 6.07) is 31.7. The molecule has 0 spiro atoms. The lowest BCUT2D eigenvalue weighted by Crippen LogP contribution is -1.95. The number of benzene rings is 4. The van der Waals surface area contributed by atoms with Gasteiger partial charge in [0, 0.05) is 11.1 Å². The highest BCUT2D eigenvalue weighted by atomic mass is 14.9. The van der Waals surface area contributed by atoms with Crippen LogP contribution in [0.4, 0.5) is 0 Å². The van der Waals surface area contributed by atoms with E-state index in [1.807, 2.05) is 6.92 Å². The van der Waals surface area contributed by atoms with Crippen molar-refractivity contribution in [1.82, 2.24) is 9.97 Å². The van der Waals surface area contributed by atoms with Crippen molar-refractivity contribution in [3.05, 3.63) is 96.8 Å². The average Bonchev–Trinajstić information content (AvgIpc) is 2.72. The van der Waals surface area contributed by atoms with Crippen LogP contribution in [0.3, 0.4) is 0 Å². The topological polar surface area (TPSA) is 25.8 Å². The maximum absolute atomic E-state index is 4.75. The fourth-order valence-corrected chi connectivity index (χ4v) is 3.74. The van der Waals surface area contributed by atoms with Crippen LogP contribution in [0.15, 0.2) is 91.0 Å². The van der Waals surface area contributed by atoms with Gasteiger partial charge in [-0.25, -0.2) is 9.97 Å². The van der Waals surface area contributed by atoms with Gasteiger partial charge in [0.25, 0.3) is 0 Å². The van der Waals surface area contributed by atoms with E-state index in [-0.39, 0.29) is 0 Å². The number of nitrogens with zero attached hydrogens (tertiary/aromatic N) is 2. The van der Waals surface area contributed by atoms with Crippen molar-refractivity contribution >= 4 is 21.5 Å². The summed E-state index contributed by atoms with van der Waals surface area (Å²) in [7, 11) is 0. The predicted octanol–water partition coefficient (Wildman–Crippen LogP) is 6.43. The van der Waals surface area contributed by atoms with Gasteiger partial charge in [0.15, 0.2) is 0 Å². The molecule has 0 aliphatic heterocycles. The minimum Gasteiger partial charge on any atom is -0.233 e. The lowest BCUT2D eigenvalue weighted by Gasteiger charge is -2.11. The zero-order valence-electron chi connectivity index (χ0n) is 15.1. The van der Waals surface area contributed by atoms with Crippen molar-refractivity contribution in [2.24, 2.45) is 0 Å². The molecule has 4 aromatic carbocycles. The monoisotopic (exact) mass is 346 g/mol. The maximum Gasteiger partial charge on any atom is 0.126 e. The second-order valence-electron chi connectivity index (χ2n) is 6.74. The molecule has 128 valence electrons. The van der Waals surface area contributed by atoms with Gasteiger partial charge in [-0.1, -0.05) is 84.9 Å². The van der Waals surface area contributed by atoms with E-state index in [1.54, 1.807) is 0 Å². The van der Waals surface area contributed by atoms with Crippen molar-refractivity contribution in [3.8, 4) is 22.5 Å². The number of aryl methyl sites for hydroxylation is 1. The van der Waals surface area contributed by atoms with Gasteiger partial charge in [0.1, 0.15) is 5.82 Å². The van der Waals surface area contributed by atoms with E-state index in [0.29, 0.717) is 0 Å². The number of hydrogen-bond acceptors (Lipinski definition) is 2. The number of hydrogen-bond donors (Lipinski definition) is 0. The molecule has 2 nitrogen and oxygen atoms in total. The molecule has 1 aromatic heterocycles. The number of fused-ring (bicyclic) bond motifs is 2. The first kappa shape index (κ1) is 15.7. The molecule has 0 radical (unpaired) electrons. The van der Waals surface area contributed by atoms with Crippen LogP contribution in [0.1, 0.15) is 5.82 Å². The average molecular weight is 346 g/mol. The van der Waals surface area contributed by atoms with E-state index < -0.39 is 0 Å². The van der Waals surface area contributed by atoms with Crippen molar-refractivity contribution in [2.45, 2.75) is 6.92 Å². The molecule has 0 unspecified atom stereocenters. The Morgan fingerprint density at radius 3 is 1.48 bits per heavy atom. The van der Waals surface area contributed by atoms with E-state index in [4.69, 9.17) is 9.97 Å². The summed E-state index contributed by atoms with van der Waals surface area (Å²) < 4.78 is 0. The molecule has 5 rings (SSSR count). The van der Waals surface area contributed by atoms with Gasteiger partial charge in [-0.05, 0) is 34.5 Å². The Morgan fingerprint density at radius 1 is 0.519 bits per heavy atom. The fraction of sp³-hybridized carbons (Fsp3) is 0.0400. The number of aromatic nitrogens is 2. The Balaban J connectivity index is 1.76. The third-order valence-corrected chi connectivity index (χ3v) is 4.97. The van der Waals surface area contributed by atoms with Gasteiger partial charge in [0.2, 0.25) is 0 Å². The standard InChI is InChI=1S/C25H18N2/c1-17-26-24(22-14-6-10-18-8-2-4-12-20(18)22)16-25(27-17)23-15-7-11-19-9-3-5-13-21(19)23/h2-16H,1H3. The second kappa shape index (κ2) is 6.33. The van der Waals surface area contributed by atoms with E-state index in [0.717, 1.165) is 28.3 Å². The molecule has 0 atom stereocenters. The quantitative estimate of drug-likeness (QED) is 0.368. The van der Waals surface area contributed by atoms with Crippen molar-refractivity contribution in [1.29, 1.82) is 0 Å². The molecule has 0 aliphatic rings. The minimum absolute atomic E-state index is 0.781. The lowest BCUT2D eigenvalue weighted by molar-refractivity contribution is 1.07. The van der Waals surface area contributed by atoms with Crippen molar-refractivity contribution < 1.29 is 0 Å². The SMILES string of the molecule is Cc1nc(-c2cccc3ccccc23)cc(-c2cccc3ccccc23)n1. The molecule has 0 bridgehead atoms. The highest BCUT2D eigenvalue weighted by Crippen LogP contribution is 2.32. The van der Waals surface area contributed by atoms with Crippen LogP contribution < -0.4 is 0 Å². The smallest absolute Gasteiger partial charge is 0.126 e. The van der Waals surface area contributed by atoms with Gasteiger partial charge in [-0.3, -0.25) is 0 Å². The Kier molecular flexibility index (Phi) is 3.68. The summed E-state index contributed by atoms with van der Waals surface area (Å²) in [5.41, 5.74) is 4.20. The van der Waals surface area contributed by atoms with Crippen LogP contribution >= 0.6 is 0 Å². The van der Waals surface area contributed by atoms with Crippen LogP contribution in [0, 0.1) is 6.92 Å². The van der Waals surface area contributed by atoms with Gasteiger partial charge >= 0.3 is 0 Å². The molecule has 1 heterocycles. The van der Waals surface area contributed by atoms with Gasteiger partial charge in [-0.15, -0.1) is 0 Å². The van der Waals surface area contributed by atoms with Crippen LogP contribution in [0.5, 0.6) is 0 Å². The Morgan fingerprint density at radius 2 is 0.963 bits per heavy atom. The molecule has 27 heavy (non-hydrogen) atoms. The summed E-state index contributed by atoms with van der Waals surface area (Å²) in [6.45, 7) is 1.96. The molecule has 5 aromatic rings. The highest BCUT2D eigenvalue weighted by Gasteiger charge is 2.11. The Hall–Kier alpha value is -3.52. The minimum atomic E-state index is 0.781. The molecule has 0 amide bonds. The van der Waals surface area contributed by atoms with Gasteiger partial charge in [0.05, 0.1) is 11.4 Å². The van der Waals surface area contributed by atoms with Crippen LogP contribution in [0.2, 0.25) is 0 Å². The van der Waals surface area contributed by atoms with E-state index >= 15 is 0 Å². The van der Waals surface area contributed by atoms with E-state index in [9.17, 15) is 0 Å². The fourth-order valence-electron chi connectivity index (χ4n) is 3.74. The summed E-state index contributed by atoms with van der Waals surface area (Å²) >= 11 is 0. The zero-order valence-corrected chi connectivity index (χ0v) is 15.1. The van der Waals surface area contributed by atoms with Crippen molar-refractivity contribution in [3.63, 3.8) is 0 Å². The zero-order chi connectivity index (χ0) is 18.2. The van der Waals surface area contributed by atoms with E-state index in [2.05, 4.69) is 91.0 Å². The van der Waals surface area contributed by atoms with Crippen LogP contribution in [-0.4, -0.2) is 9.97 Å². The summed E-state index contributed by atoms with van der Waals surface area (Å²) in [4.78, 5) is 9.50. The summed E-state index contributed by atoms with van der Waals surface area (Å²) in [5, 5.41) is 4.86. The first-order valence-electron chi connectivity index (χ1n) is 9.11. The largest absolute Gasteiger partial charge is 0.233 e. The first-order chi connectivity index (χ1) is 13.3. The van der Waals surface area contributed by atoms with Gasteiger partial charge < -0.3 is 0 Å². The Bertz CT molecular complexity index is 1180. The molecular weight excluding hydrogens is 328 g/mol. The molecule has 0 saturated carbocycles. The molecule has 0 fully saturated rings. The number of rotatable bonds is 2. The molecule has 0 aliphatic carbocycles. The van der Waals surface area contributed by atoms with Crippen molar-refractivity contribution in [2.75, 3.05) is 0 Å². The maximum atomic E-state index is 4.75. The molecule has 0 N–H and O–H groups in total. The predicted molar refractivity (Wildman–Crippen MR) is 113 cm³/mol. The van der Waals surface area contributed by atoms with Gasteiger partial charge in [-0.2, -0.15) is 0 Å². The van der Waals surface area contributed by atoms with Crippen LogP contribution in [0.25, 0.3) is 44.1 Å². The summed E-state index contributed by atoms with van der Waals surface area (Å²) in [5.74, 6) is 0.781. The molecule has 0 saturated heterocycles. The molecular formula is C25H18N2. The third kappa shape index (κ3) is 2.76. The molecule has 2 heteroatoms. The lowest BCUT2D eigenvalue weighted by atomic mass is 9.98. The summed E-state index contributed by atoms with van der Waals surface area (Å²) in [6.07, 6.45) is 0. The third-order valence-electron chi connectivity index (χ3n) is 4.97. The second-order valence-corrected chi connectivity index (χ2v) is 6.74.